The van der Waals surface area contributed by atoms with Gasteiger partial charge in [0.05, 0.1) is 10.6 Å². The molecule has 1 atom stereocenters. The lowest BCUT2D eigenvalue weighted by Crippen LogP contribution is -1.90. The minimum Gasteiger partial charge on any atom is -0.271 e. The van der Waals surface area contributed by atoms with E-state index in [0.29, 0.717) is 0 Å². The normalized spacial score (nSPS) is 12.8. The fourth-order valence-corrected chi connectivity index (χ4v) is 2.26. The molecule has 1 aromatic heterocycles. The number of aromatic nitrogens is 1. The first kappa shape index (κ1) is 12.6. The van der Waals surface area contributed by atoms with Crippen LogP contribution in [0.3, 0.4) is 0 Å². The van der Waals surface area contributed by atoms with Crippen molar-refractivity contribution in [2.24, 2.45) is 0 Å². The van der Waals surface area contributed by atoms with E-state index in [-0.39, 0.29) is 10.6 Å². The number of nitrogens with one attached hydrogen (secondary N) is 1. The SMILES string of the molecule is N=S(/C=C/c1ncccc1F)c1ccccc1F. The second-order valence-corrected chi connectivity index (χ2v) is 4.83. The number of pyridine rings is 1. The predicted molar refractivity (Wildman–Crippen MR) is 68.0 cm³/mol. The summed E-state index contributed by atoms with van der Waals surface area (Å²) in [7, 11) is -1.17. The van der Waals surface area contributed by atoms with Gasteiger partial charge in [0, 0.05) is 6.20 Å². The fourth-order valence-electron chi connectivity index (χ4n) is 1.35. The first-order valence-corrected chi connectivity index (χ1v) is 6.45. The Bertz CT molecular complexity index is 611. The van der Waals surface area contributed by atoms with Gasteiger partial charge in [-0.05, 0) is 46.4 Å². The van der Waals surface area contributed by atoms with E-state index in [1.807, 2.05) is 0 Å². The van der Waals surface area contributed by atoms with Gasteiger partial charge in [0.2, 0.25) is 0 Å². The highest BCUT2D eigenvalue weighted by atomic mass is 32.2. The van der Waals surface area contributed by atoms with Crippen LogP contribution in [0.5, 0.6) is 0 Å². The van der Waals surface area contributed by atoms with Gasteiger partial charge in [0.15, 0.2) is 0 Å². The monoisotopic (exact) mass is 264 g/mol. The van der Waals surface area contributed by atoms with Gasteiger partial charge in [-0.25, -0.2) is 8.78 Å². The predicted octanol–water partition coefficient (Wildman–Crippen LogP) is 3.77. The molecule has 18 heavy (non-hydrogen) atoms. The number of rotatable bonds is 3. The van der Waals surface area contributed by atoms with Gasteiger partial charge in [-0.15, -0.1) is 0 Å². The summed E-state index contributed by atoms with van der Waals surface area (Å²) in [5.74, 6) is -0.888. The van der Waals surface area contributed by atoms with Gasteiger partial charge < -0.3 is 0 Å². The Kier molecular flexibility index (Phi) is 3.94. The molecule has 1 heterocycles. The molecular weight excluding hydrogens is 254 g/mol. The molecule has 1 N–H and O–H groups in total. The van der Waals surface area contributed by atoms with Crippen molar-refractivity contribution >= 4 is 16.8 Å². The van der Waals surface area contributed by atoms with Crippen LogP contribution in [-0.4, -0.2) is 4.98 Å². The molecular formula is C13H10F2N2S. The third-order valence-corrected chi connectivity index (χ3v) is 3.44. The van der Waals surface area contributed by atoms with E-state index in [1.54, 1.807) is 18.2 Å². The lowest BCUT2D eigenvalue weighted by Gasteiger charge is -2.01. The number of halogens is 2. The first-order chi connectivity index (χ1) is 8.68. The summed E-state index contributed by atoms with van der Waals surface area (Å²) in [5, 5.41) is 1.43. The van der Waals surface area contributed by atoms with Gasteiger partial charge in [-0.3, -0.25) is 9.76 Å². The molecule has 0 spiro atoms. The molecule has 0 amide bonds. The lowest BCUT2D eigenvalue weighted by molar-refractivity contribution is 0.601. The van der Waals surface area contributed by atoms with Crippen molar-refractivity contribution < 1.29 is 8.78 Å². The Balaban J connectivity index is 2.23. The zero-order valence-corrected chi connectivity index (χ0v) is 10.1. The van der Waals surface area contributed by atoms with Crippen LogP contribution in [0, 0.1) is 16.4 Å². The maximum atomic E-state index is 13.4. The molecule has 0 aliphatic heterocycles. The quantitative estimate of drug-likeness (QED) is 0.900. The largest absolute Gasteiger partial charge is 0.271 e. The summed E-state index contributed by atoms with van der Waals surface area (Å²) < 4.78 is 34.5. The van der Waals surface area contributed by atoms with Crippen LogP contribution in [-0.2, 0) is 10.7 Å². The number of benzene rings is 1. The fraction of sp³-hybridized carbons (Fsp3) is 0. The molecule has 0 fully saturated rings. The minimum absolute atomic E-state index is 0.151. The summed E-state index contributed by atoms with van der Waals surface area (Å²) in [6.07, 6.45) is 2.87. The van der Waals surface area contributed by atoms with E-state index >= 15 is 0 Å². The molecule has 0 aliphatic carbocycles. The number of hydrogen-bond donors (Lipinski definition) is 1. The van der Waals surface area contributed by atoms with Crippen molar-refractivity contribution in [3.63, 3.8) is 0 Å². The van der Waals surface area contributed by atoms with Gasteiger partial charge in [-0.1, -0.05) is 12.1 Å². The second-order valence-electron chi connectivity index (χ2n) is 3.44. The Morgan fingerprint density at radius 2 is 1.78 bits per heavy atom. The molecule has 1 aromatic carbocycles. The van der Waals surface area contributed by atoms with E-state index in [2.05, 4.69) is 4.98 Å². The maximum absolute atomic E-state index is 13.4. The number of nitrogens with zero attached hydrogens (tertiary/aromatic N) is 1. The Morgan fingerprint density at radius 3 is 2.50 bits per heavy atom. The van der Waals surface area contributed by atoms with E-state index in [0.717, 1.165) is 0 Å². The molecule has 0 radical (unpaired) electrons. The first-order valence-electron chi connectivity index (χ1n) is 5.16. The van der Waals surface area contributed by atoms with E-state index in [9.17, 15) is 8.78 Å². The summed E-state index contributed by atoms with van der Waals surface area (Å²) in [6, 6.07) is 8.87. The number of hydrogen-bond acceptors (Lipinski definition) is 2. The molecule has 2 aromatic rings. The van der Waals surface area contributed by atoms with Crippen LogP contribution >= 0.6 is 0 Å². The second kappa shape index (κ2) is 5.64. The van der Waals surface area contributed by atoms with Crippen LogP contribution in [0.2, 0.25) is 0 Å². The zero-order valence-electron chi connectivity index (χ0n) is 9.31. The highest BCUT2D eigenvalue weighted by molar-refractivity contribution is 7.89. The van der Waals surface area contributed by atoms with Gasteiger partial charge in [0.25, 0.3) is 0 Å². The van der Waals surface area contributed by atoms with Gasteiger partial charge in [0.1, 0.15) is 11.6 Å². The summed E-state index contributed by atoms with van der Waals surface area (Å²) in [5.41, 5.74) is 0.151. The molecule has 0 saturated heterocycles. The Morgan fingerprint density at radius 1 is 1.06 bits per heavy atom. The van der Waals surface area contributed by atoms with Crippen LogP contribution < -0.4 is 0 Å². The third kappa shape index (κ3) is 2.87. The van der Waals surface area contributed by atoms with Crippen molar-refractivity contribution in [2.45, 2.75) is 4.90 Å². The van der Waals surface area contributed by atoms with Crippen molar-refractivity contribution in [3.8, 4) is 0 Å². The van der Waals surface area contributed by atoms with Crippen molar-refractivity contribution in [1.82, 2.24) is 4.98 Å². The standard InChI is InChI=1S/C13H10F2N2S/c14-10-5-3-8-17-12(10)7-9-18(16)13-6-2-1-4-11(13)15/h1-9,16H/b9-7+. The van der Waals surface area contributed by atoms with Gasteiger partial charge in [-0.2, -0.15) is 0 Å². The summed E-state index contributed by atoms with van der Waals surface area (Å²) in [4.78, 5) is 4.11. The van der Waals surface area contributed by atoms with Crippen molar-refractivity contribution in [2.75, 3.05) is 0 Å². The van der Waals surface area contributed by atoms with Crippen LogP contribution in [0.25, 0.3) is 6.08 Å². The lowest BCUT2D eigenvalue weighted by atomic mass is 10.3. The third-order valence-electron chi connectivity index (χ3n) is 2.22. The summed E-state index contributed by atoms with van der Waals surface area (Å²) in [6.45, 7) is 0. The molecule has 0 saturated carbocycles. The van der Waals surface area contributed by atoms with E-state index in [1.165, 1.54) is 35.9 Å². The van der Waals surface area contributed by atoms with Crippen LogP contribution in [0.1, 0.15) is 5.69 Å². The van der Waals surface area contributed by atoms with Gasteiger partial charge >= 0.3 is 0 Å². The Labute approximate surface area is 106 Å². The molecule has 92 valence electrons. The molecule has 2 rings (SSSR count). The Hall–Kier alpha value is -1.88. The van der Waals surface area contributed by atoms with Crippen LogP contribution in [0.15, 0.2) is 52.9 Å². The van der Waals surface area contributed by atoms with Crippen LogP contribution in [0.4, 0.5) is 8.78 Å². The topological polar surface area (TPSA) is 36.7 Å². The maximum Gasteiger partial charge on any atom is 0.148 e. The highest BCUT2D eigenvalue weighted by Crippen LogP contribution is 2.14. The molecule has 0 aliphatic rings. The minimum atomic E-state index is -1.17. The van der Waals surface area contributed by atoms with E-state index in [4.69, 9.17) is 4.78 Å². The smallest absolute Gasteiger partial charge is 0.148 e. The molecule has 1 unspecified atom stereocenters. The van der Waals surface area contributed by atoms with Crippen molar-refractivity contribution in [3.05, 3.63) is 65.3 Å². The molecule has 0 bridgehead atoms. The summed E-state index contributed by atoms with van der Waals surface area (Å²) >= 11 is 0. The average molecular weight is 264 g/mol. The zero-order chi connectivity index (χ0) is 13.0. The highest BCUT2D eigenvalue weighted by Gasteiger charge is 2.03. The molecule has 5 heteroatoms. The molecule has 2 nitrogen and oxygen atoms in total. The van der Waals surface area contributed by atoms with Crippen molar-refractivity contribution in [1.29, 1.82) is 4.78 Å². The average Bonchev–Trinajstić information content (AvgIpc) is 2.38. The van der Waals surface area contributed by atoms with E-state index < -0.39 is 22.3 Å².